The van der Waals surface area contributed by atoms with Crippen LogP contribution < -0.4 is 0 Å². The fraction of sp³-hybridized carbons (Fsp3) is 0.312. The third-order valence-electron chi connectivity index (χ3n) is 5.04. The molecule has 2 aromatic heterocycles. The average molecular weight is 297 g/mol. The van der Waals surface area contributed by atoms with Crippen molar-refractivity contribution in [3.63, 3.8) is 0 Å². The molecule has 2 bridgehead atoms. The molecule has 0 radical (unpaired) electrons. The fourth-order valence-electron chi connectivity index (χ4n) is 4.20. The van der Waals surface area contributed by atoms with E-state index in [-0.39, 0.29) is 0 Å². The van der Waals surface area contributed by atoms with E-state index < -0.39 is 0 Å². The predicted molar refractivity (Wildman–Crippen MR) is 80.5 cm³/mol. The highest BCUT2D eigenvalue weighted by Gasteiger charge is 2.44. The van der Waals surface area contributed by atoms with Crippen LogP contribution in [0, 0.1) is 0 Å². The molecular formula is C16H13ClN4. The molecule has 3 aromatic rings. The van der Waals surface area contributed by atoms with Gasteiger partial charge in [0.05, 0.1) is 6.33 Å². The lowest BCUT2D eigenvalue weighted by atomic mass is 9.88. The number of benzene rings is 1. The van der Waals surface area contributed by atoms with Gasteiger partial charge in [0.2, 0.25) is 0 Å². The van der Waals surface area contributed by atoms with Gasteiger partial charge in [-0.2, -0.15) is 0 Å². The second-order valence-electron chi connectivity index (χ2n) is 5.96. The minimum Gasteiger partial charge on any atom is -0.311 e. The summed E-state index contributed by atoms with van der Waals surface area (Å²) in [6, 6.07) is 9.27. The lowest BCUT2D eigenvalue weighted by Crippen LogP contribution is -2.15. The van der Waals surface area contributed by atoms with Crippen molar-refractivity contribution in [1.29, 1.82) is 0 Å². The van der Waals surface area contributed by atoms with E-state index in [1.807, 2.05) is 6.33 Å². The van der Waals surface area contributed by atoms with Crippen LogP contribution in [0.5, 0.6) is 0 Å². The van der Waals surface area contributed by atoms with Crippen molar-refractivity contribution in [2.45, 2.75) is 30.7 Å². The number of hydrogen-bond donors (Lipinski definition) is 0. The topological polar surface area (TPSA) is 43.6 Å². The molecular weight excluding hydrogens is 284 g/mol. The summed E-state index contributed by atoms with van der Waals surface area (Å²) in [5.74, 6) is 1.24. The minimum absolute atomic E-state index is 0.431. The van der Waals surface area contributed by atoms with Gasteiger partial charge in [-0.25, -0.2) is 15.0 Å². The maximum Gasteiger partial charge on any atom is 0.165 e. The van der Waals surface area contributed by atoms with Crippen LogP contribution in [0.1, 0.15) is 41.8 Å². The molecule has 0 N–H and O–H groups in total. The SMILES string of the molecule is Clc1ncnc2c1ncn2[C@H]1C[C@H]2C[C@@H]1c1ccccc12. The van der Waals surface area contributed by atoms with E-state index in [9.17, 15) is 0 Å². The van der Waals surface area contributed by atoms with Crippen LogP contribution in [-0.4, -0.2) is 19.5 Å². The highest BCUT2D eigenvalue weighted by atomic mass is 35.5. The summed E-state index contributed by atoms with van der Waals surface area (Å²) in [5, 5.41) is 0.433. The van der Waals surface area contributed by atoms with Crippen LogP contribution in [0.2, 0.25) is 5.15 Å². The molecule has 1 saturated carbocycles. The highest BCUT2D eigenvalue weighted by molar-refractivity contribution is 6.33. The molecule has 2 aliphatic rings. The molecule has 0 unspecified atom stereocenters. The van der Waals surface area contributed by atoms with Crippen molar-refractivity contribution in [3.8, 4) is 0 Å². The fourth-order valence-corrected chi connectivity index (χ4v) is 4.37. The van der Waals surface area contributed by atoms with Crippen molar-refractivity contribution in [1.82, 2.24) is 19.5 Å². The van der Waals surface area contributed by atoms with E-state index >= 15 is 0 Å². The largest absolute Gasteiger partial charge is 0.311 e. The van der Waals surface area contributed by atoms with Gasteiger partial charge in [0.25, 0.3) is 0 Å². The molecule has 4 nitrogen and oxygen atoms in total. The van der Waals surface area contributed by atoms with Crippen LogP contribution in [0.3, 0.4) is 0 Å². The first-order valence-electron chi connectivity index (χ1n) is 7.25. The summed E-state index contributed by atoms with van der Waals surface area (Å²) in [7, 11) is 0. The van der Waals surface area contributed by atoms with E-state index in [4.69, 9.17) is 11.6 Å². The number of imidazole rings is 1. The Morgan fingerprint density at radius 3 is 2.81 bits per heavy atom. The normalized spacial score (nSPS) is 26.4. The molecule has 0 amide bonds. The van der Waals surface area contributed by atoms with Gasteiger partial charge in [0.1, 0.15) is 11.8 Å². The summed E-state index contributed by atoms with van der Waals surface area (Å²) in [6.45, 7) is 0. The maximum absolute atomic E-state index is 6.11. The number of nitrogens with zero attached hydrogens (tertiary/aromatic N) is 4. The number of aromatic nitrogens is 4. The Bertz CT molecular complexity index is 856. The molecule has 1 aromatic carbocycles. The van der Waals surface area contributed by atoms with Crippen molar-refractivity contribution in [3.05, 3.63) is 53.2 Å². The standard InChI is InChI=1S/C16H13ClN4/c17-15-14-16(19-7-18-15)21(8-20-14)13-6-9-5-12(13)11-4-2-1-3-10(9)11/h1-4,7-9,12-13H,5-6H2/t9-,12-,13+/m1/s1. The Hall–Kier alpha value is -1.94. The lowest BCUT2D eigenvalue weighted by molar-refractivity contribution is 0.458. The number of halogens is 1. The van der Waals surface area contributed by atoms with Crippen LogP contribution in [0.25, 0.3) is 11.2 Å². The zero-order valence-corrected chi connectivity index (χ0v) is 12.0. The van der Waals surface area contributed by atoms with Gasteiger partial charge >= 0.3 is 0 Å². The Morgan fingerprint density at radius 1 is 1.05 bits per heavy atom. The lowest BCUT2D eigenvalue weighted by Gasteiger charge is -2.25. The van der Waals surface area contributed by atoms with Crippen molar-refractivity contribution in [2.75, 3.05) is 0 Å². The van der Waals surface area contributed by atoms with E-state index in [2.05, 4.69) is 43.8 Å². The molecule has 0 aliphatic heterocycles. The Balaban J connectivity index is 1.65. The first-order chi connectivity index (χ1) is 10.3. The summed E-state index contributed by atoms with van der Waals surface area (Å²) >= 11 is 6.11. The molecule has 5 heteroatoms. The Labute approximate surface area is 126 Å². The molecule has 3 atom stereocenters. The van der Waals surface area contributed by atoms with E-state index in [0.29, 0.717) is 28.5 Å². The number of fused-ring (bicyclic) bond motifs is 6. The Morgan fingerprint density at radius 2 is 1.90 bits per heavy atom. The first-order valence-corrected chi connectivity index (χ1v) is 7.62. The molecule has 0 spiro atoms. The molecule has 0 saturated heterocycles. The van der Waals surface area contributed by atoms with Gasteiger partial charge < -0.3 is 4.57 Å². The van der Waals surface area contributed by atoms with Crippen LogP contribution in [0.4, 0.5) is 0 Å². The molecule has 5 rings (SSSR count). The summed E-state index contributed by atoms with van der Waals surface area (Å²) in [6.07, 6.45) is 5.79. The van der Waals surface area contributed by atoms with Gasteiger partial charge in [-0.3, -0.25) is 0 Å². The number of rotatable bonds is 1. The smallest absolute Gasteiger partial charge is 0.165 e. The third-order valence-corrected chi connectivity index (χ3v) is 5.31. The number of hydrogen-bond acceptors (Lipinski definition) is 3. The van der Waals surface area contributed by atoms with Crippen LogP contribution >= 0.6 is 11.6 Å². The third kappa shape index (κ3) is 1.48. The Kier molecular flexibility index (Phi) is 2.25. The second kappa shape index (κ2) is 4.04. The first kappa shape index (κ1) is 11.7. The van der Waals surface area contributed by atoms with Gasteiger partial charge in [-0.05, 0) is 29.9 Å². The van der Waals surface area contributed by atoms with Crippen LogP contribution in [0.15, 0.2) is 36.9 Å². The monoisotopic (exact) mass is 296 g/mol. The maximum atomic E-state index is 6.11. The predicted octanol–water partition coefficient (Wildman–Crippen LogP) is 3.70. The summed E-state index contributed by atoms with van der Waals surface area (Å²) < 4.78 is 2.20. The van der Waals surface area contributed by atoms with Gasteiger partial charge in [-0.15, -0.1) is 0 Å². The van der Waals surface area contributed by atoms with Gasteiger partial charge in [0.15, 0.2) is 10.8 Å². The van der Waals surface area contributed by atoms with E-state index in [1.54, 1.807) is 0 Å². The average Bonchev–Trinajstić information content (AvgIpc) is 3.20. The summed E-state index contributed by atoms with van der Waals surface area (Å²) in [4.78, 5) is 12.8. The molecule has 2 aliphatic carbocycles. The zero-order valence-electron chi connectivity index (χ0n) is 11.3. The molecule has 21 heavy (non-hydrogen) atoms. The molecule has 2 heterocycles. The van der Waals surface area contributed by atoms with E-state index in [1.165, 1.54) is 23.9 Å². The minimum atomic E-state index is 0.431. The molecule has 1 fully saturated rings. The second-order valence-corrected chi connectivity index (χ2v) is 6.32. The van der Waals surface area contributed by atoms with Gasteiger partial charge in [-0.1, -0.05) is 35.9 Å². The summed E-state index contributed by atoms with van der Waals surface area (Å²) in [5.41, 5.74) is 4.59. The van der Waals surface area contributed by atoms with Crippen LogP contribution in [-0.2, 0) is 0 Å². The van der Waals surface area contributed by atoms with E-state index in [0.717, 1.165) is 12.1 Å². The quantitative estimate of drug-likeness (QED) is 0.643. The van der Waals surface area contributed by atoms with Crippen molar-refractivity contribution >= 4 is 22.8 Å². The van der Waals surface area contributed by atoms with Gasteiger partial charge in [0, 0.05) is 12.0 Å². The highest BCUT2D eigenvalue weighted by Crippen LogP contribution is 2.58. The van der Waals surface area contributed by atoms with Crippen molar-refractivity contribution < 1.29 is 0 Å². The molecule has 104 valence electrons. The van der Waals surface area contributed by atoms with Crippen molar-refractivity contribution in [2.24, 2.45) is 0 Å². The zero-order chi connectivity index (χ0) is 14.0.